The SMILES string of the molecule is COc1cccc(-c2nc(COC(=O)C3(c4ccc(Cl)cc4)CC3)cs2)c1OC. The summed E-state index contributed by atoms with van der Waals surface area (Å²) in [6, 6.07) is 13.1. The largest absolute Gasteiger partial charge is 0.493 e. The monoisotopic (exact) mass is 429 g/mol. The fraction of sp³-hybridized carbons (Fsp3) is 0.273. The van der Waals surface area contributed by atoms with Crippen molar-refractivity contribution in [3.63, 3.8) is 0 Å². The molecule has 1 aromatic heterocycles. The van der Waals surface area contributed by atoms with Gasteiger partial charge in [0, 0.05) is 10.4 Å². The lowest BCUT2D eigenvalue weighted by Crippen LogP contribution is -2.23. The molecule has 1 fully saturated rings. The number of hydrogen-bond donors (Lipinski definition) is 0. The summed E-state index contributed by atoms with van der Waals surface area (Å²) < 4.78 is 16.4. The van der Waals surface area contributed by atoms with Crippen molar-refractivity contribution in [2.75, 3.05) is 14.2 Å². The summed E-state index contributed by atoms with van der Waals surface area (Å²) in [4.78, 5) is 17.3. The molecule has 5 nitrogen and oxygen atoms in total. The van der Waals surface area contributed by atoms with E-state index in [4.69, 9.17) is 25.8 Å². The maximum Gasteiger partial charge on any atom is 0.316 e. The highest BCUT2D eigenvalue weighted by Crippen LogP contribution is 2.49. The van der Waals surface area contributed by atoms with Gasteiger partial charge in [-0.3, -0.25) is 4.79 Å². The molecule has 0 bridgehead atoms. The molecule has 0 saturated heterocycles. The third kappa shape index (κ3) is 3.82. The Morgan fingerprint density at radius 1 is 1.14 bits per heavy atom. The van der Waals surface area contributed by atoms with Crippen LogP contribution in [0.15, 0.2) is 47.8 Å². The molecule has 0 spiro atoms. The number of hydrogen-bond acceptors (Lipinski definition) is 6. The first-order valence-electron chi connectivity index (χ1n) is 9.16. The van der Waals surface area contributed by atoms with E-state index in [-0.39, 0.29) is 12.6 Å². The normalized spacial score (nSPS) is 14.3. The molecule has 1 aliphatic carbocycles. The lowest BCUT2D eigenvalue weighted by Gasteiger charge is -2.14. The van der Waals surface area contributed by atoms with Crippen molar-refractivity contribution in [2.24, 2.45) is 0 Å². The number of carbonyl (C=O) groups excluding carboxylic acids is 1. The van der Waals surface area contributed by atoms with Gasteiger partial charge in [0.25, 0.3) is 0 Å². The summed E-state index contributed by atoms with van der Waals surface area (Å²) in [5.41, 5.74) is 1.95. The summed E-state index contributed by atoms with van der Waals surface area (Å²) in [6.45, 7) is 0.136. The standard InChI is InChI=1S/C22H20ClNO4S/c1-26-18-5-3-4-17(19(18)27-2)20-24-16(13-29-20)12-28-21(25)22(10-11-22)14-6-8-15(23)9-7-14/h3-9,13H,10-12H2,1-2H3. The van der Waals surface area contributed by atoms with E-state index in [0.717, 1.165) is 29.0 Å². The zero-order valence-electron chi connectivity index (χ0n) is 16.1. The minimum Gasteiger partial charge on any atom is -0.493 e. The number of methoxy groups -OCH3 is 2. The van der Waals surface area contributed by atoms with Gasteiger partial charge in [-0.1, -0.05) is 29.8 Å². The Kier molecular flexibility index (Phi) is 5.48. The van der Waals surface area contributed by atoms with Crippen LogP contribution in [0.5, 0.6) is 11.5 Å². The molecular formula is C22H20ClNO4S. The van der Waals surface area contributed by atoms with Crippen LogP contribution in [0.1, 0.15) is 24.1 Å². The Balaban J connectivity index is 1.47. The maximum atomic E-state index is 12.7. The zero-order valence-corrected chi connectivity index (χ0v) is 17.7. The number of benzene rings is 2. The maximum absolute atomic E-state index is 12.7. The third-order valence-electron chi connectivity index (χ3n) is 5.07. The van der Waals surface area contributed by atoms with E-state index in [0.29, 0.717) is 22.2 Å². The summed E-state index contributed by atoms with van der Waals surface area (Å²) in [6.07, 6.45) is 1.58. The lowest BCUT2D eigenvalue weighted by molar-refractivity contribution is -0.148. The number of ether oxygens (including phenoxy) is 3. The molecule has 1 aliphatic rings. The van der Waals surface area contributed by atoms with E-state index in [2.05, 4.69) is 4.98 Å². The van der Waals surface area contributed by atoms with E-state index in [1.54, 1.807) is 26.4 Å². The van der Waals surface area contributed by atoms with Gasteiger partial charge in [0.05, 0.1) is 30.9 Å². The molecule has 0 aliphatic heterocycles. The van der Waals surface area contributed by atoms with Crippen LogP contribution in [-0.4, -0.2) is 25.2 Å². The predicted molar refractivity (Wildman–Crippen MR) is 113 cm³/mol. The second-order valence-electron chi connectivity index (χ2n) is 6.85. The second kappa shape index (κ2) is 8.05. The average Bonchev–Trinajstić information content (AvgIpc) is 3.43. The van der Waals surface area contributed by atoms with Crippen molar-refractivity contribution in [2.45, 2.75) is 24.9 Å². The highest BCUT2D eigenvalue weighted by molar-refractivity contribution is 7.13. The van der Waals surface area contributed by atoms with Crippen molar-refractivity contribution >= 4 is 28.9 Å². The molecule has 4 rings (SSSR count). The van der Waals surface area contributed by atoms with Crippen molar-refractivity contribution in [1.29, 1.82) is 0 Å². The van der Waals surface area contributed by atoms with Crippen molar-refractivity contribution in [1.82, 2.24) is 4.98 Å². The Labute approximate surface area is 178 Å². The molecular weight excluding hydrogens is 410 g/mol. The van der Waals surface area contributed by atoms with E-state index in [9.17, 15) is 4.79 Å². The Morgan fingerprint density at radius 2 is 1.90 bits per heavy atom. The zero-order chi connectivity index (χ0) is 20.4. The van der Waals surface area contributed by atoms with Crippen LogP contribution in [0, 0.1) is 0 Å². The summed E-state index contributed by atoms with van der Waals surface area (Å²) in [5, 5.41) is 3.33. The number of para-hydroxylation sites is 1. The molecule has 7 heteroatoms. The minimum atomic E-state index is -0.542. The first kappa shape index (κ1) is 19.7. The van der Waals surface area contributed by atoms with E-state index < -0.39 is 5.41 Å². The van der Waals surface area contributed by atoms with E-state index >= 15 is 0 Å². The van der Waals surface area contributed by atoms with E-state index in [1.165, 1.54) is 11.3 Å². The molecule has 0 atom stereocenters. The van der Waals surface area contributed by atoms with E-state index in [1.807, 2.05) is 35.7 Å². The van der Waals surface area contributed by atoms with Crippen LogP contribution >= 0.6 is 22.9 Å². The highest BCUT2D eigenvalue weighted by atomic mass is 35.5. The summed E-state index contributed by atoms with van der Waals surface area (Å²) >= 11 is 7.43. The van der Waals surface area contributed by atoms with Crippen LogP contribution in [0.25, 0.3) is 10.6 Å². The average molecular weight is 430 g/mol. The molecule has 0 unspecified atom stereocenters. The predicted octanol–water partition coefficient (Wildman–Crippen LogP) is 5.26. The molecule has 1 saturated carbocycles. The number of halogens is 1. The second-order valence-corrected chi connectivity index (χ2v) is 8.14. The first-order valence-corrected chi connectivity index (χ1v) is 10.4. The van der Waals surface area contributed by atoms with Gasteiger partial charge in [-0.05, 0) is 42.7 Å². The first-order chi connectivity index (χ1) is 14.1. The van der Waals surface area contributed by atoms with Crippen molar-refractivity contribution < 1.29 is 19.0 Å². The van der Waals surface area contributed by atoms with Crippen LogP contribution in [0.3, 0.4) is 0 Å². The van der Waals surface area contributed by atoms with Gasteiger partial charge in [0.1, 0.15) is 11.6 Å². The Bertz CT molecular complexity index is 1030. The molecule has 1 heterocycles. The van der Waals surface area contributed by atoms with Crippen molar-refractivity contribution in [3.05, 3.63) is 64.1 Å². The van der Waals surface area contributed by atoms with Gasteiger partial charge in [-0.25, -0.2) is 4.98 Å². The van der Waals surface area contributed by atoms with Gasteiger partial charge in [0.15, 0.2) is 11.5 Å². The van der Waals surface area contributed by atoms with Gasteiger partial charge in [-0.2, -0.15) is 0 Å². The fourth-order valence-electron chi connectivity index (χ4n) is 3.33. The summed E-state index contributed by atoms with van der Waals surface area (Å²) in [5.74, 6) is 1.06. The smallest absolute Gasteiger partial charge is 0.316 e. The lowest BCUT2D eigenvalue weighted by atomic mass is 9.96. The number of rotatable bonds is 7. The topological polar surface area (TPSA) is 57.7 Å². The van der Waals surface area contributed by atoms with Crippen LogP contribution in [0.4, 0.5) is 0 Å². The molecule has 2 aromatic carbocycles. The van der Waals surface area contributed by atoms with Crippen molar-refractivity contribution in [3.8, 4) is 22.1 Å². The highest BCUT2D eigenvalue weighted by Gasteiger charge is 2.52. The number of thiazole rings is 1. The Hall–Kier alpha value is -2.57. The molecule has 0 amide bonds. The quantitative estimate of drug-likeness (QED) is 0.480. The third-order valence-corrected chi connectivity index (χ3v) is 6.25. The fourth-order valence-corrected chi connectivity index (χ4v) is 4.29. The molecule has 150 valence electrons. The van der Waals surface area contributed by atoms with Crippen LogP contribution in [-0.2, 0) is 21.6 Å². The van der Waals surface area contributed by atoms with Crippen LogP contribution < -0.4 is 9.47 Å². The van der Waals surface area contributed by atoms with Crippen LogP contribution in [0.2, 0.25) is 5.02 Å². The number of esters is 1. The van der Waals surface area contributed by atoms with Gasteiger partial charge < -0.3 is 14.2 Å². The molecule has 0 radical (unpaired) electrons. The molecule has 0 N–H and O–H groups in total. The molecule has 29 heavy (non-hydrogen) atoms. The number of nitrogens with zero attached hydrogens (tertiary/aromatic N) is 1. The number of aromatic nitrogens is 1. The molecule has 3 aromatic rings. The number of carbonyl (C=O) groups is 1. The minimum absolute atomic E-state index is 0.136. The van der Waals surface area contributed by atoms with Gasteiger partial charge in [0.2, 0.25) is 0 Å². The van der Waals surface area contributed by atoms with Gasteiger partial charge in [-0.15, -0.1) is 11.3 Å². The Morgan fingerprint density at radius 3 is 2.55 bits per heavy atom. The van der Waals surface area contributed by atoms with Gasteiger partial charge >= 0.3 is 5.97 Å². The summed E-state index contributed by atoms with van der Waals surface area (Å²) in [7, 11) is 3.20.